The summed E-state index contributed by atoms with van der Waals surface area (Å²) in [4.78, 5) is 36.2. The predicted octanol–water partition coefficient (Wildman–Crippen LogP) is 1.01. The molecule has 1 saturated heterocycles. The Balaban J connectivity index is 2.14. The summed E-state index contributed by atoms with van der Waals surface area (Å²) in [6.45, 7) is 1.56. The van der Waals surface area contributed by atoms with E-state index in [1.54, 1.807) is 19.1 Å². The highest BCUT2D eigenvalue weighted by Gasteiger charge is 2.33. The SMILES string of the molecule is Cc1cccc(C(=O)NC2CCC(=O)N(C)C2=O)c1F. The molecule has 5 nitrogen and oxygen atoms in total. The molecule has 2 rings (SSSR count). The smallest absolute Gasteiger partial charge is 0.254 e. The molecular formula is C14H15FN2O3. The normalized spacial score (nSPS) is 19.1. The topological polar surface area (TPSA) is 66.5 Å². The Bertz CT molecular complexity index is 586. The Labute approximate surface area is 115 Å². The molecule has 1 atom stereocenters. The summed E-state index contributed by atoms with van der Waals surface area (Å²) in [7, 11) is 1.37. The highest BCUT2D eigenvalue weighted by atomic mass is 19.1. The number of piperidine rings is 1. The lowest BCUT2D eigenvalue weighted by Crippen LogP contribution is -2.53. The van der Waals surface area contributed by atoms with Crippen molar-refractivity contribution in [2.45, 2.75) is 25.8 Å². The third-order valence-corrected chi connectivity index (χ3v) is 3.39. The molecule has 1 unspecified atom stereocenters. The number of likely N-dealkylation sites (tertiary alicyclic amines) is 1. The number of rotatable bonds is 2. The standard InChI is InChI=1S/C14H15FN2O3/c1-8-4-3-5-9(12(8)15)13(19)16-10-6-7-11(18)17(2)14(10)20/h3-5,10H,6-7H2,1-2H3,(H,16,19). The number of likely N-dealkylation sites (N-methyl/N-ethyl adjacent to an activating group) is 1. The van der Waals surface area contributed by atoms with E-state index in [0.717, 1.165) is 4.90 Å². The van der Waals surface area contributed by atoms with Gasteiger partial charge in [0, 0.05) is 13.5 Å². The van der Waals surface area contributed by atoms with Crippen LogP contribution in [0, 0.1) is 12.7 Å². The molecule has 1 fully saturated rings. The predicted molar refractivity (Wildman–Crippen MR) is 69.4 cm³/mol. The molecule has 0 radical (unpaired) electrons. The summed E-state index contributed by atoms with van der Waals surface area (Å²) in [5.41, 5.74) is 0.261. The van der Waals surface area contributed by atoms with E-state index in [9.17, 15) is 18.8 Å². The Morgan fingerprint density at radius 1 is 1.40 bits per heavy atom. The molecule has 1 N–H and O–H groups in total. The zero-order valence-corrected chi connectivity index (χ0v) is 11.3. The monoisotopic (exact) mass is 278 g/mol. The second-order valence-corrected chi connectivity index (χ2v) is 4.79. The van der Waals surface area contributed by atoms with Crippen LogP contribution in [0.4, 0.5) is 4.39 Å². The van der Waals surface area contributed by atoms with E-state index >= 15 is 0 Å². The van der Waals surface area contributed by atoms with Gasteiger partial charge in [0.1, 0.15) is 11.9 Å². The lowest BCUT2D eigenvalue weighted by molar-refractivity contribution is -0.147. The van der Waals surface area contributed by atoms with Gasteiger partial charge >= 0.3 is 0 Å². The number of carbonyl (C=O) groups excluding carboxylic acids is 3. The molecule has 0 bridgehead atoms. The maximum atomic E-state index is 13.8. The minimum Gasteiger partial charge on any atom is -0.340 e. The molecule has 6 heteroatoms. The van der Waals surface area contributed by atoms with Crippen molar-refractivity contribution >= 4 is 17.7 Å². The maximum Gasteiger partial charge on any atom is 0.254 e. The second kappa shape index (κ2) is 5.40. The van der Waals surface area contributed by atoms with Gasteiger partial charge in [0.05, 0.1) is 5.56 Å². The fourth-order valence-corrected chi connectivity index (χ4v) is 2.11. The average molecular weight is 278 g/mol. The first-order chi connectivity index (χ1) is 9.41. The molecule has 3 amide bonds. The molecule has 0 aromatic heterocycles. The Hall–Kier alpha value is -2.24. The van der Waals surface area contributed by atoms with Crippen molar-refractivity contribution < 1.29 is 18.8 Å². The minimum atomic E-state index is -0.787. The van der Waals surface area contributed by atoms with Crippen molar-refractivity contribution in [1.82, 2.24) is 10.2 Å². The number of amides is 3. The van der Waals surface area contributed by atoms with Crippen LogP contribution in [0.2, 0.25) is 0 Å². The summed E-state index contributed by atoms with van der Waals surface area (Å²) in [5.74, 6) is -1.99. The van der Waals surface area contributed by atoms with E-state index in [2.05, 4.69) is 5.32 Å². The zero-order chi connectivity index (χ0) is 14.9. The van der Waals surface area contributed by atoms with Crippen molar-refractivity contribution in [3.8, 4) is 0 Å². The first-order valence-electron chi connectivity index (χ1n) is 6.28. The number of hydrogen-bond donors (Lipinski definition) is 1. The number of aryl methyl sites for hydroxylation is 1. The number of nitrogens with one attached hydrogen (secondary N) is 1. The van der Waals surface area contributed by atoms with Crippen LogP contribution in [0.25, 0.3) is 0 Å². The quantitative estimate of drug-likeness (QED) is 0.821. The summed E-state index contributed by atoms with van der Waals surface area (Å²) < 4.78 is 13.8. The van der Waals surface area contributed by atoms with Gasteiger partial charge in [-0.2, -0.15) is 0 Å². The fraction of sp³-hybridized carbons (Fsp3) is 0.357. The number of benzene rings is 1. The zero-order valence-electron chi connectivity index (χ0n) is 11.3. The van der Waals surface area contributed by atoms with Crippen LogP contribution in [0.15, 0.2) is 18.2 Å². The number of carbonyl (C=O) groups is 3. The van der Waals surface area contributed by atoms with Crippen LogP contribution in [0.1, 0.15) is 28.8 Å². The van der Waals surface area contributed by atoms with Crippen molar-refractivity contribution in [2.75, 3.05) is 7.05 Å². The van der Waals surface area contributed by atoms with Gasteiger partial charge in [-0.05, 0) is 25.0 Å². The molecule has 1 aliphatic heterocycles. The lowest BCUT2D eigenvalue weighted by Gasteiger charge is -2.28. The molecule has 20 heavy (non-hydrogen) atoms. The van der Waals surface area contributed by atoms with Gasteiger partial charge in [-0.15, -0.1) is 0 Å². The summed E-state index contributed by atoms with van der Waals surface area (Å²) >= 11 is 0. The molecule has 0 spiro atoms. The van der Waals surface area contributed by atoms with Crippen molar-refractivity contribution in [2.24, 2.45) is 0 Å². The van der Waals surface area contributed by atoms with Crippen LogP contribution in [-0.4, -0.2) is 35.7 Å². The van der Waals surface area contributed by atoms with Gasteiger partial charge in [0.15, 0.2) is 0 Å². The van der Waals surface area contributed by atoms with Crippen LogP contribution in [-0.2, 0) is 9.59 Å². The van der Waals surface area contributed by atoms with Crippen LogP contribution >= 0.6 is 0 Å². The number of halogens is 1. The highest BCUT2D eigenvalue weighted by Crippen LogP contribution is 2.15. The number of nitrogens with zero attached hydrogens (tertiary/aromatic N) is 1. The molecule has 0 saturated carbocycles. The van der Waals surface area contributed by atoms with Crippen molar-refractivity contribution in [3.05, 3.63) is 35.1 Å². The van der Waals surface area contributed by atoms with E-state index in [1.165, 1.54) is 13.1 Å². The summed E-state index contributed by atoms with van der Waals surface area (Å²) in [6, 6.07) is 3.71. The lowest BCUT2D eigenvalue weighted by atomic mass is 10.0. The first-order valence-corrected chi connectivity index (χ1v) is 6.28. The van der Waals surface area contributed by atoms with Gasteiger partial charge in [0.2, 0.25) is 5.91 Å². The Kier molecular flexibility index (Phi) is 3.83. The van der Waals surface area contributed by atoms with Gasteiger partial charge in [-0.1, -0.05) is 12.1 Å². The average Bonchev–Trinajstić information content (AvgIpc) is 2.42. The maximum absolute atomic E-state index is 13.8. The third kappa shape index (κ3) is 2.54. The van der Waals surface area contributed by atoms with Crippen molar-refractivity contribution in [1.29, 1.82) is 0 Å². The van der Waals surface area contributed by atoms with E-state index in [-0.39, 0.29) is 24.3 Å². The minimum absolute atomic E-state index is 0.0997. The largest absolute Gasteiger partial charge is 0.340 e. The number of imide groups is 1. The van der Waals surface area contributed by atoms with E-state index in [4.69, 9.17) is 0 Å². The Morgan fingerprint density at radius 2 is 2.10 bits per heavy atom. The summed E-state index contributed by atoms with van der Waals surface area (Å²) in [6.07, 6.45) is 0.421. The van der Waals surface area contributed by atoms with Crippen LogP contribution in [0.3, 0.4) is 0 Å². The summed E-state index contributed by atoms with van der Waals surface area (Å²) in [5, 5.41) is 2.48. The molecule has 1 heterocycles. The fourth-order valence-electron chi connectivity index (χ4n) is 2.11. The van der Waals surface area contributed by atoms with Gasteiger partial charge in [-0.3, -0.25) is 19.3 Å². The molecule has 0 aliphatic carbocycles. The van der Waals surface area contributed by atoms with E-state index in [0.29, 0.717) is 5.56 Å². The van der Waals surface area contributed by atoms with Crippen molar-refractivity contribution in [3.63, 3.8) is 0 Å². The highest BCUT2D eigenvalue weighted by molar-refractivity contribution is 6.03. The van der Waals surface area contributed by atoms with Crippen LogP contribution in [0.5, 0.6) is 0 Å². The number of hydrogen-bond acceptors (Lipinski definition) is 3. The molecule has 1 aromatic rings. The third-order valence-electron chi connectivity index (χ3n) is 3.39. The molecule has 1 aliphatic rings. The Morgan fingerprint density at radius 3 is 2.80 bits per heavy atom. The first kappa shape index (κ1) is 14.2. The van der Waals surface area contributed by atoms with Crippen LogP contribution < -0.4 is 5.32 Å². The molecule has 1 aromatic carbocycles. The molecular weight excluding hydrogens is 263 g/mol. The van der Waals surface area contributed by atoms with Gasteiger partial charge < -0.3 is 5.32 Å². The van der Waals surface area contributed by atoms with E-state index in [1.807, 2.05) is 0 Å². The van der Waals surface area contributed by atoms with E-state index < -0.39 is 23.7 Å². The second-order valence-electron chi connectivity index (χ2n) is 4.79. The van der Waals surface area contributed by atoms with Gasteiger partial charge in [-0.25, -0.2) is 4.39 Å². The van der Waals surface area contributed by atoms with Gasteiger partial charge in [0.25, 0.3) is 11.8 Å². The molecule has 106 valence electrons.